The molecule has 0 aromatic carbocycles. The third-order valence-corrected chi connectivity index (χ3v) is 7.72. The first-order chi connectivity index (χ1) is 27.4. The summed E-state index contributed by atoms with van der Waals surface area (Å²) in [4.78, 5) is 147. The van der Waals surface area contributed by atoms with Crippen molar-refractivity contribution in [2.45, 2.75) is 101 Å². The second-order valence-corrected chi connectivity index (χ2v) is 13.2. The van der Waals surface area contributed by atoms with Crippen LogP contribution in [0.25, 0.3) is 0 Å². The predicted molar refractivity (Wildman–Crippen MR) is 194 cm³/mol. The number of nitrogens with one attached hydrogen (secondary N) is 7. The van der Waals surface area contributed by atoms with Crippen LogP contribution < -0.4 is 48.7 Å². The van der Waals surface area contributed by atoms with Crippen LogP contribution in [-0.2, 0) is 57.5 Å². The number of amides is 8. The number of nitrogens with two attached hydrogens (primary N) is 2. The minimum absolute atomic E-state index is 0.0978. The van der Waals surface area contributed by atoms with Crippen molar-refractivity contribution in [1.29, 1.82) is 0 Å². The van der Waals surface area contributed by atoms with Crippen LogP contribution in [0.5, 0.6) is 0 Å². The van der Waals surface area contributed by atoms with Gasteiger partial charge in [0.05, 0.1) is 32.6 Å². The fourth-order valence-electron chi connectivity index (χ4n) is 4.74. The number of aliphatic hydroxyl groups is 2. The lowest BCUT2D eigenvalue weighted by atomic mass is 10.0. The molecule has 0 aliphatic rings. The van der Waals surface area contributed by atoms with Crippen molar-refractivity contribution >= 4 is 71.1 Å². The minimum atomic E-state index is -2.03. The molecule has 0 bridgehead atoms. The molecule has 27 heteroatoms. The molecule has 0 rings (SSSR count). The molecule has 7 atom stereocenters. The van der Waals surface area contributed by atoms with E-state index in [0.717, 1.165) is 0 Å². The van der Waals surface area contributed by atoms with Crippen LogP contribution in [0.4, 0.5) is 0 Å². The smallest absolute Gasteiger partial charge is 0.328 e. The summed E-state index contributed by atoms with van der Waals surface area (Å²) in [6.45, 7) is 0.425. The molecule has 0 heterocycles. The molecule has 0 spiro atoms. The highest BCUT2D eigenvalue weighted by atomic mass is 16.4. The molecular formula is C32H51N9O18. The Labute approximate surface area is 334 Å². The maximum Gasteiger partial charge on any atom is 0.328 e. The topological polar surface area (TPSA) is 462 Å². The van der Waals surface area contributed by atoms with Gasteiger partial charge in [0, 0.05) is 12.8 Å². The summed E-state index contributed by atoms with van der Waals surface area (Å²) < 4.78 is 0. The van der Waals surface area contributed by atoms with E-state index in [1.54, 1.807) is 13.8 Å². The Kier molecular flexibility index (Phi) is 23.5. The number of carboxylic acids is 4. The predicted octanol–water partition coefficient (Wildman–Crippen LogP) is -7.47. The van der Waals surface area contributed by atoms with Crippen molar-refractivity contribution in [2.75, 3.05) is 19.8 Å². The number of primary amides is 1. The van der Waals surface area contributed by atoms with Gasteiger partial charge in [0.2, 0.25) is 47.3 Å². The van der Waals surface area contributed by atoms with Crippen molar-refractivity contribution in [3.63, 3.8) is 0 Å². The average Bonchev–Trinajstić information content (AvgIpc) is 3.13. The molecule has 0 aromatic heterocycles. The lowest BCUT2D eigenvalue weighted by molar-refractivity contribution is -0.144. The summed E-state index contributed by atoms with van der Waals surface area (Å²) in [5, 5.41) is 69.7. The normalized spacial score (nSPS) is 14.3. The van der Waals surface area contributed by atoms with Crippen LogP contribution in [0.2, 0.25) is 0 Å². The van der Waals surface area contributed by atoms with Gasteiger partial charge < -0.3 is 79.3 Å². The van der Waals surface area contributed by atoms with Gasteiger partial charge in [0.1, 0.15) is 42.3 Å². The zero-order valence-corrected chi connectivity index (χ0v) is 31.9. The Morgan fingerprint density at radius 1 is 0.508 bits per heavy atom. The van der Waals surface area contributed by atoms with Gasteiger partial charge >= 0.3 is 23.9 Å². The monoisotopic (exact) mass is 849 g/mol. The van der Waals surface area contributed by atoms with Gasteiger partial charge in [-0.15, -0.1) is 0 Å². The lowest BCUT2D eigenvalue weighted by Gasteiger charge is -2.25. The van der Waals surface area contributed by atoms with E-state index < -0.39 is 172 Å². The summed E-state index contributed by atoms with van der Waals surface area (Å²) >= 11 is 0. The van der Waals surface area contributed by atoms with Crippen molar-refractivity contribution < 1.29 is 88.2 Å². The standard InChI is InChI=1S/C32H51N9O18/c1-13(2)7-17(29(55)38-16(4-6-24(48)49)28(54)41-20(12-43)32(58)59)36-22(45)10-35-27(53)15(3-5-23(46)47)37-31(57)19(9-25(50)51)40-30(56)18(8-21(34)44)39-26(52)14(33)11-42/h13-20,42-43H,3-12,33H2,1-2H3,(H2,34,44)(H,35,53)(H,36,45)(H,37,57)(H,38,55)(H,39,52)(H,40,56)(H,41,54)(H,46,47)(H,48,49)(H,50,51)(H,58,59)/t14-,15-,16-,17-,18-,19-,20-/m0/s1. The molecule has 27 nitrogen and oxygen atoms in total. The quantitative estimate of drug-likeness (QED) is 0.0332. The molecule has 0 fully saturated rings. The maximum absolute atomic E-state index is 13.2. The third-order valence-electron chi connectivity index (χ3n) is 7.72. The van der Waals surface area contributed by atoms with E-state index in [0.29, 0.717) is 0 Å². The number of hydrogen-bond donors (Lipinski definition) is 15. The van der Waals surface area contributed by atoms with Gasteiger partial charge in [0.15, 0.2) is 0 Å². The molecule has 17 N–H and O–H groups in total. The SMILES string of the molecule is CC(C)C[C@H](NC(=O)CNC(=O)[C@H](CCC(=O)O)NC(=O)[C@H](CC(=O)O)NC(=O)[C@H](CC(N)=O)NC(=O)[C@@H](N)CO)C(=O)N[C@@H](CCC(=O)O)C(=O)N[C@@H](CO)C(=O)O. The Hall–Kier alpha value is -6.48. The van der Waals surface area contributed by atoms with Gasteiger partial charge in [0.25, 0.3) is 0 Å². The molecule has 8 amide bonds. The highest BCUT2D eigenvalue weighted by Crippen LogP contribution is 2.08. The maximum atomic E-state index is 13.2. The number of carbonyl (C=O) groups excluding carboxylic acids is 8. The Balaban J connectivity index is 6.09. The third kappa shape index (κ3) is 21.6. The highest BCUT2D eigenvalue weighted by molar-refractivity contribution is 5.98. The molecule has 0 aromatic rings. The summed E-state index contributed by atoms with van der Waals surface area (Å²) in [5.41, 5.74) is 10.5. The van der Waals surface area contributed by atoms with Crippen molar-refractivity contribution in [3.05, 3.63) is 0 Å². The van der Waals surface area contributed by atoms with Crippen LogP contribution in [0, 0.1) is 5.92 Å². The van der Waals surface area contributed by atoms with Crippen LogP contribution in [0.1, 0.15) is 58.8 Å². The van der Waals surface area contributed by atoms with E-state index in [1.165, 1.54) is 0 Å². The summed E-state index contributed by atoms with van der Waals surface area (Å²) in [7, 11) is 0. The Bertz CT molecular complexity index is 1570. The van der Waals surface area contributed by atoms with Crippen LogP contribution in [0.15, 0.2) is 0 Å². The van der Waals surface area contributed by atoms with Crippen LogP contribution in [-0.4, -0.2) is 164 Å². The van der Waals surface area contributed by atoms with Gasteiger partial charge in [-0.05, 0) is 25.2 Å². The average molecular weight is 850 g/mol. The molecule has 0 unspecified atom stereocenters. The van der Waals surface area contributed by atoms with E-state index >= 15 is 0 Å². The number of aliphatic carboxylic acids is 4. The highest BCUT2D eigenvalue weighted by Gasteiger charge is 2.34. The molecule has 0 aliphatic heterocycles. The number of hydrogen-bond acceptors (Lipinski definition) is 15. The van der Waals surface area contributed by atoms with E-state index in [1.807, 2.05) is 16.0 Å². The number of aliphatic hydroxyl groups excluding tert-OH is 2. The first-order valence-corrected chi connectivity index (χ1v) is 17.6. The van der Waals surface area contributed by atoms with Crippen molar-refractivity contribution in [1.82, 2.24) is 37.2 Å². The molecule has 0 saturated heterocycles. The van der Waals surface area contributed by atoms with Gasteiger partial charge in [-0.3, -0.25) is 52.7 Å². The van der Waals surface area contributed by atoms with E-state index in [4.69, 9.17) is 26.8 Å². The molecule has 0 saturated carbocycles. The summed E-state index contributed by atoms with van der Waals surface area (Å²) in [6, 6.07) is -12.1. The fraction of sp³-hybridized carbons (Fsp3) is 0.625. The first-order valence-electron chi connectivity index (χ1n) is 17.6. The molecule has 0 radical (unpaired) electrons. The van der Waals surface area contributed by atoms with E-state index in [9.17, 15) is 72.9 Å². The Morgan fingerprint density at radius 3 is 1.36 bits per heavy atom. The van der Waals surface area contributed by atoms with Crippen LogP contribution in [0.3, 0.4) is 0 Å². The van der Waals surface area contributed by atoms with Gasteiger partial charge in [-0.25, -0.2) is 4.79 Å². The largest absolute Gasteiger partial charge is 0.481 e. The molecule has 0 aliphatic carbocycles. The molecule has 332 valence electrons. The first kappa shape index (κ1) is 52.5. The Morgan fingerprint density at radius 2 is 0.932 bits per heavy atom. The van der Waals surface area contributed by atoms with E-state index in [2.05, 4.69) is 21.3 Å². The number of carbonyl (C=O) groups is 12. The number of carboxylic acid groups (broad SMARTS) is 4. The fourth-order valence-corrected chi connectivity index (χ4v) is 4.74. The molecular weight excluding hydrogens is 798 g/mol. The summed E-state index contributed by atoms with van der Waals surface area (Å²) in [5.74, 6) is -15.9. The zero-order valence-electron chi connectivity index (χ0n) is 31.9. The summed E-state index contributed by atoms with van der Waals surface area (Å²) in [6.07, 6.45) is -4.75. The van der Waals surface area contributed by atoms with Crippen molar-refractivity contribution in [3.8, 4) is 0 Å². The van der Waals surface area contributed by atoms with E-state index in [-0.39, 0.29) is 12.3 Å². The second kappa shape index (κ2) is 26.4. The lowest BCUT2D eigenvalue weighted by Crippen LogP contribution is -2.59. The minimum Gasteiger partial charge on any atom is -0.481 e. The van der Waals surface area contributed by atoms with Crippen molar-refractivity contribution in [2.24, 2.45) is 17.4 Å². The zero-order chi connectivity index (χ0) is 45.6. The second-order valence-electron chi connectivity index (χ2n) is 13.2. The van der Waals surface area contributed by atoms with Crippen LogP contribution >= 0.6 is 0 Å². The molecule has 59 heavy (non-hydrogen) atoms. The number of rotatable bonds is 29. The van der Waals surface area contributed by atoms with Gasteiger partial charge in [-0.2, -0.15) is 0 Å². The van der Waals surface area contributed by atoms with Gasteiger partial charge in [-0.1, -0.05) is 13.8 Å².